The highest BCUT2D eigenvalue weighted by Crippen LogP contribution is 2.29. The van der Waals surface area contributed by atoms with Crippen LogP contribution in [0.3, 0.4) is 0 Å². The lowest BCUT2D eigenvalue weighted by molar-refractivity contribution is -0.139. The zero-order chi connectivity index (χ0) is 17.3. The van der Waals surface area contributed by atoms with Gasteiger partial charge in [0, 0.05) is 54.4 Å². The SMILES string of the molecule is CC(C)(CCl)C(=O)N1CCN(c2ccnc3cc(Cl)ccc23)CC1. The smallest absolute Gasteiger partial charge is 0.229 e. The third-order valence-electron chi connectivity index (χ3n) is 4.50. The number of hydrogen-bond acceptors (Lipinski definition) is 3. The number of anilines is 1. The molecule has 0 saturated carbocycles. The van der Waals surface area contributed by atoms with Gasteiger partial charge in [-0.05, 0) is 38.1 Å². The Morgan fingerprint density at radius 2 is 1.92 bits per heavy atom. The molecule has 3 rings (SSSR count). The Hall–Kier alpha value is -1.52. The number of rotatable bonds is 3. The summed E-state index contributed by atoms with van der Waals surface area (Å²) in [6, 6.07) is 7.80. The number of fused-ring (bicyclic) bond motifs is 1. The number of nitrogens with zero attached hydrogens (tertiary/aromatic N) is 3. The molecule has 1 aromatic heterocycles. The topological polar surface area (TPSA) is 36.4 Å². The van der Waals surface area contributed by atoms with E-state index in [2.05, 4.69) is 9.88 Å². The predicted octanol–water partition coefficient (Wildman–Crippen LogP) is 3.80. The molecule has 2 heterocycles. The number of amides is 1. The molecule has 0 unspecified atom stereocenters. The number of hydrogen-bond donors (Lipinski definition) is 0. The number of carbonyl (C=O) groups is 1. The second-order valence-corrected chi connectivity index (χ2v) is 7.49. The van der Waals surface area contributed by atoms with Crippen LogP contribution >= 0.6 is 23.2 Å². The quantitative estimate of drug-likeness (QED) is 0.776. The molecule has 1 amide bonds. The maximum absolute atomic E-state index is 12.5. The molecule has 0 aliphatic carbocycles. The fourth-order valence-corrected chi connectivity index (χ4v) is 3.30. The zero-order valence-corrected chi connectivity index (χ0v) is 15.4. The molecule has 128 valence electrons. The van der Waals surface area contributed by atoms with Gasteiger partial charge in [0.2, 0.25) is 5.91 Å². The van der Waals surface area contributed by atoms with Gasteiger partial charge in [0.1, 0.15) is 0 Å². The molecule has 4 nitrogen and oxygen atoms in total. The van der Waals surface area contributed by atoms with E-state index >= 15 is 0 Å². The normalized spacial score (nSPS) is 15.8. The van der Waals surface area contributed by atoms with Crippen molar-refractivity contribution < 1.29 is 4.79 Å². The summed E-state index contributed by atoms with van der Waals surface area (Å²) in [6.45, 7) is 6.80. The van der Waals surface area contributed by atoms with Gasteiger partial charge in [0.05, 0.1) is 10.9 Å². The summed E-state index contributed by atoms with van der Waals surface area (Å²) in [4.78, 5) is 21.2. The van der Waals surface area contributed by atoms with Gasteiger partial charge >= 0.3 is 0 Å². The van der Waals surface area contributed by atoms with E-state index in [1.165, 1.54) is 0 Å². The van der Waals surface area contributed by atoms with Crippen LogP contribution in [0.2, 0.25) is 5.02 Å². The molecule has 6 heteroatoms. The third kappa shape index (κ3) is 3.31. The molecule has 1 aromatic carbocycles. The van der Waals surface area contributed by atoms with Crippen LogP contribution in [-0.2, 0) is 4.79 Å². The third-order valence-corrected chi connectivity index (χ3v) is 5.41. The Morgan fingerprint density at radius 1 is 1.21 bits per heavy atom. The van der Waals surface area contributed by atoms with Crippen molar-refractivity contribution in [2.75, 3.05) is 37.0 Å². The van der Waals surface area contributed by atoms with Crippen LogP contribution in [0.25, 0.3) is 10.9 Å². The first kappa shape index (κ1) is 17.3. The summed E-state index contributed by atoms with van der Waals surface area (Å²) < 4.78 is 0. The highest BCUT2D eigenvalue weighted by Gasteiger charge is 2.33. The largest absolute Gasteiger partial charge is 0.367 e. The fourth-order valence-electron chi connectivity index (χ4n) is 3.02. The van der Waals surface area contributed by atoms with E-state index in [0.29, 0.717) is 24.0 Å². The van der Waals surface area contributed by atoms with Crippen LogP contribution in [0.4, 0.5) is 5.69 Å². The summed E-state index contributed by atoms with van der Waals surface area (Å²) in [5, 5.41) is 1.77. The number of benzene rings is 1. The molecule has 1 fully saturated rings. The molecule has 1 aliphatic rings. The minimum absolute atomic E-state index is 0.128. The highest BCUT2D eigenvalue weighted by molar-refractivity contribution is 6.31. The van der Waals surface area contributed by atoms with Crippen molar-refractivity contribution in [3.05, 3.63) is 35.5 Å². The first-order valence-corrected chi connectivity index (χ1v) is 8.98. The van der Waals surface area contributed by atoms with E-state index in [0.717, 1.165) is 29.7 Å². The van der Waals surface area contributed by atoms with E-state index in [1.54, 1.807) is 0 Å². The molecule has 0 N–H and O–H groups in total. The van der Waals surface area contributed by atoms with E-state index in [4.69, 9.17) is 23.2 Å². The van der Waals surface area contributed by atoms with Crippen LogP contribution in [-0.4, -0.2) is 47.9 Å². The Labute approximate surface area is 152 Å². The highest BCUT2D eigenvalue weighted by atomic mass is 35.5. The van der Waals surface area contributed by atoms with Gasteiger partial charge in [-0.1, -0.05) is 11.6 Å². The molecule has 0 radical (unpaired) electrons. The molecular weight excluding hydrogens is 345 g/mol. The first-order valence-electron chi connectivity index (χ1n) is 8.07. The average molecular weight is 366 g/mol. The molecule has 1 saturated heterocycles. The number of pyridine rings is 1. The summed E-state index contributed by atoms with van der Waals surface area (Å²) in [6.07, 6.45) is 1.81. The molecular formula is C18H21Cl2N3O. The van der Waals surface area contributed by atoms with Crippen molar-refractivity contribution >= 4 is 45.7 Å². The van der Waals surface area contributed by atoms with Gasteiger partial charge in [0.15, 0.2) is 0 Å². The Balaban J connectivity index is 1.77. The monoisotopic (exact) mass is 365 g/mol. The van der Waals surface area contributed by atoms with E-state index in [1.807, 2.05) is 49.2 Å². The van der Waals surface area contributed by atoms with Crippen LogP contribution in [0, 0.1) is 5.41 Å². The first-order chi connectivity index (χ1) is 11.4. The molecule has 0 bridgehead atoms. The Morgan fingerprint density at radius 3 is 2.58 bits per heavy atom. The van der Waals surface area contributed by atoms with Gasteiger partial charge in [-0.2, -0.15) is 0 Å². The van der Waals surface area contributed by atoms with E-state index in [9.17, 15) is 4.79 Å². The van der Waals surface area contributed by atoms with Crippen molar-refractivity contribution in [1.29, 1.82) is 0 Å². The second-order valence-electron chi connectivity index (χ2n) is 6.79. The molecule has 1 aliphatic heterocycles. The van der Waals surface area contributed by atoms with Gasteiger partial charge in [0.25, 0.3) is 0 Å². The lowest BCUT2D eigenvalue weighted by Gasteiger charge is -2.39. The molecule has 0 atom stereocenters. The van der Waals surface area contributed by atoms with Crippen LogP contribution in [0.5, 0.6) is 0 Å². The van der Waals surface area contributed by atoms with Crippen LogP contribution < -0.4 is 4.90 Å². The van der Waals surface area contributed by atoms with Gasteiger partial charge in [-0.25, -0.2) is 0 Å². The van der Waals surface area contributed by atoms with Gasteiger partial charge < -0.3 is 9.80 Å². The van der Waals surface area contributed by atoms with Crippen LogP contribution in [0.1, 0.15) is 13.8 Å². The van der Waals surface area contributed by atoms with Crippen molar-refractivity contribution in [1.82, 2.24) is 9.88 Å². The standard InChI is InChI=1S/C18H21Cl2N3O/c1-18(2,12-19)17(24)23-9-7-22(8-10-23)16-5-6-21-15-11-13(20)3-4-14(15)16/h3-6,11H,7-10,12H2,1-2H3. The zero-order valence-electron chi connectivity index (χ0n) is 13.9. The van der Waals surface area contributed by atoms with Crippen molar-refractivity contribution in [3.63, 3.8) is 0 Å². The van der Waals surface area contributed by atoms with Crippen molar-refractivity contribution in [2.24, 2.45) is 5.41 Å². The minimum Gasteiger partial charge on any atom is -0.367 e. The number of piperazine rings is 1. The van der Waals surface area contributed by atoms with Gasteiger partial charge in [-0.15, -0.1) is 11.6 Å². The predicted molar refractivity (Wildman–Crippen MR) is 100 cm³/mol. The average Bonchev–Trinajstić information content (AvgIpc) is 2.60. The number of alkyl halides is 1. The molecule has 24 heavy (non-hydrogen) atoms. The number of carbonyl (C=O) groups excluding carboxylic acids is 1. The summed E-state index contributed by atoms with van der Waals surface area (Å²) in [5.74, 6) is 0.463. The summed E-state index contributed by atoms with van der Waals surface area (Å²) >= 11 is 12.0. The fraction of sp³-hybridized carbons (Fsp3) is 0.444. The minimum atomic E-state index is -0.510. The second kappa shape index (κ2) is 6.77. The number of aromatic nitrogens is 1. The number of halogens is 2. The van der Waals surface area contributed by atoms with Crippen LogP contribution in [0.15, 0.2) is 30.5 Å². The van der Waals surface area contributed by atoms with Crippen molar-refractivity contribution in [2.45, 2.75) is 13.8 Å². The Bertz CT molecular complexity index is 755. The van der Waals surface area contributed by atoms with Gasteiger partial charge in [-0.3, -0.25) is 9.78 Å². The maximum atomic E-state index is 12.5. The maximum Gasteiger partial charge on any atom is 0.229 e. The lowest BCUT2D eigenvalue weighted by atomic mass is 9.94. The lowest BCUT2D eigenvalue weighted by Crippen LogP contribution is -2.52. The molecule has 0 spiro atoms. The van der Waals surface area contributed by atoms with E-state index < -0.39 is 5.41 Å². The Kier molecular flexibility index (Phi) is 4.88. The molecule has 2 aromatic rings. The summed E-state index contributed by atoms with van der Waals surface area (Å²) in [7, 11) is 0. The van der Waals surface area contributed by atoms with Crippen molar-refractivity contribution in [3.8, 4) is 0 Å². The summed E-state index contributed by atoms with van der Waals surface area (Å²) in [5.41, 5.74) is 1.52. The van der Waals surface area contributed by atoms with E-state index in [-0.39, 0.29) is 5.91 Å².